The van der Waals surface area contributed by atoms with Crippen LogP contribution in [0.2, 0.25) is 0 Å². The zero-order valence-electron chi connectivity index (χ0n) is 9.87. The molecule has 2 aliphatic carbocycles. The second-order valence-electron chi connectivity index (χ2n) is 5.44. The van der Waals surface area contributed by atoms with E-state index in [1.54, 1.807) is 10.4 Å². The SMILES string of the molecule is NC(CC1CCC1)c1cc2c(s1)CCCC2. The van der Waals surface area contributed by atoms with Gasteiger partial charge in [0.15, 0.2) is 0 Å². The van der Waals surface area contributed by atoms with Gasteiger partial charge in [-0.05, 0) is 49.7 Å². The van der Waals surface area contributed by atoms with Crippen molar-refractivity contribution in [3.8, 4) is 0 Å². The highest BCUT2D eigenvalue weighted by Crippen LogP contribution is 2.38. The average Bonchev–Trinajstić information content (AvgIpc) is 2.66. The zero-order valence-corrected chi connectivity index (χ0v) is 10.7. The lowest BCUT2D eigenvalue weighted by Gasteiger charge is -2.27. The fourth-order valence-corrected chi connectivity index (χ4v) is 4.17. The highest BCUT2D eigenvalue weighted by molar-refractivity contribution is 7.12. The average molecular weight is 235 g/mol. The Kier molecular flexibility index (Phi) is 3.03. The third-order valence-corrected chi connectivity index (χ3v) is 5.56. The Morgan fingerprint density at radius 1 is 1.25 bits per heavy atom. The number of aryl methyl sites for hydroxylation is 2. The van der Waals surface area contributed by atoms with Gasteiger partial charge in [-0.2, -0.15) is 0 Å². The molecule has 1 unspecified atom stereocenters. The Labute approximate surface area is 102 Å². The molecule has 1 atom stereocenters. The minimum atomic E-state index is 0.320. The molecule has 1 fully saturated rings. The van der Waals surface area contributed by atoms with Crippen LogP contribution in [-0.2, 0) is 12.8 Å². The summed E-state index contributed by atoms with van der Waals surface area (Å²) in [5.41, 5.74) is 7.93. The topological polar surface area (TPSA) is 26.0 Å². The molecular weight excluding hydrogens is 214 g/mol. The first-order chi connectivity index (χ1) is 7.83. The molecule has 16 heavy (non-hydrogen) atoms. The van der Waals surface area contributed by atoms with E-state index < -0.39 is 0 Å². The van der Waals surface area contributed by atoms with Gasteiger partial charge in [0.25, 0.3) is 0 Å². The maximum atomic E-state index is 6.33. The first-order valence-corrected chi connectivity index (χ1v) is 7.51. The Balaban J connectivity index is 1.70. The fraction of sp³-hybridized carbons (Fsp3) is 0.714. The first kappa shape index (κ1) is 10.8. The molecule has 0 bridgehead atoms. The van der Waals surface area contributed by atoms with Gasteiger partial charge in [-0.3, -0.25) is 0 Å². The Morgan fingerprint density at radius 2 is 2.06 bits per heavy atom. The van der Waals surface area contributed by atoms with Crippen LogP contribution >= 0.6 is 11.3 Å². The quantitative estimate of drug-likeness (QED) is 0.847. The molecule has 2 aliphatic rings. The lowest BCUT2D eigenvalue weighted by Crippen LogP contribution is -2.19. The normalized spacial score (nSPS) is 22.6. The van der Waals surface area contributed by atoms with Crippen LogP contribution in [0.4, 0.5) is 0 Å². The molecule has 88 valence electrons. The van der Waals surface area contributed by atoms with E-state index in [0.717, 1.165) is 5.92 Å². The highest BCUT2D eigenvalue weighted by Gasteiger charge is 2.23. The summed E-state index contributed by atoms with van der Waals surface area (Å²) in [6.45, 7) is 0. The summed E-state index contributed by atoms with van der Waals surface area (Å²) in [7, 11) is 0. The Hall–Kier alpha value is -0.340. The number of thiophene rings is 1. The molecule has 2 heteroatoms. The van der Waals surface area contributed by atoms with Crippen LogP contribution in [0, 0.1) is 5.92 Å². The summed E-state index contributed by atoms with van der Waals surface area (Å²) < 4.78 is 0. The van der Waals surface area contributed by atoms with Crippen molar-refractivity contribution in [3.63, 3.8) is 0 Å². The molecule has 1 aromatic rings. The molecule has 1 nitrogen and oxygen atoms in total. The summed E-state index contributed by atoms with van der Waals surface area (Å²) in [6, 6.07) is 2.73. The molecule has 0 amide bonds. The minimum absolute atomic E-state index is 0.320. The fourth-order valence-electron chi connectivity index (χ4n) is 2.90. The van der Waals surface area contributed by atoms with Crippen molar-refractivity contribution in [3.05, 3.63) is 21.4 Å². The minimum Gasteiger partial charge on any atom is -0.323 e. The van der Waals surface area contributed by atoms with Crippen LogP contribution < -0.4 is 5.73 Å². The van der Waals surface area contributed by atoms with Crippen molar-refractivity contribution in [2.75, 3.05) is 0 Å². The highest BCUT2D eigenvalue weighted by atomic mass is 32.1. The van der Waals surface area contributed by atoms with Crippen LogP contribution in [0.15, 0.2) is 6.07 Å². The molecule has 0 aromatic carbocycles. The van der Waals surface area contributed by atoms with Crippen molar-refractivity contribution in [2.45, 2.75) is 57.4 Å². The van der Waals surface area contributed by atoms with Crippen LogP contribution in [0.1, 0.15) is 59.9 Å². The molecular formula is C14H21NS. The van der Waals surface area contributed by atoms with Crippen LogP contribution in [0.3, 0.4) is 0 Å². The molecule has 0 saturated heterocycles. The third-order valence-electron chi connectivity index (χ3n) is 4.19. The van der Waals surface area contributed by atoms with E-state index in [1.165, 1.54) is 56.2 Å². The molecule has 0 radical (unpaired) electrons. The zero-order chi connectivity index (χ0) is 11.0. The van der Waals surface area contributed by atoms with Crippen molar-refractivity contribution in [1.29, 1.82) is 0 Å². The van der Waals surface area contributed by atoms with Gasteiger partial charge in [0, 0.05) is 15.8 Å². The number of fused-ring (bicyclic) bond motifs is 1. The van der Waals surface area contributed by atoms with E-state index in [4.69, 9.17) is 5.73 Å². The number of hydrogen-bond acceptors (Lipinski definition) is 2. The largest absolute Gasteiger partial charge is 0.323 e. The van der Waals surface area contributed by atoms with Gasteiger partial charge < -0.3 is 5.73 Å². The van der Waals surface area contributed by atoms with Crippen molar-refractivity contribution in [1.82, 2.24) is 0 Å². The van der Waals surface area contributed by atoms with Gasteiger partial charge in [-0.1, -0.05) is 19.3 Å². The van der Waals surface area contributed by atoms with Crippen LogP contribution in [0.5, 0.6) is 0 Å². The maximum absolute atomic E-state index is 6.33. The number of rotatable bonds is 3. The van der Waals surface area contributed by atoms with Gasteiger partial charge in [-0.25, -0.2) is 0 Å². The molecule has 0 spiro atoms. The Bertz CT molecular complexity index is 341. The molecule has 0 aliphatic heterocycles. The van der Waals surface area contributed by atoms with E-state index in [0.29, 0.717) is 6.04 Å². The lowest BCUT2D eigenvalue weighted by molar-refractivity contribution is 0.278. The maximum Gasteiger partial charge on any atom is 0.0392 e. The monoisotopic (exact) mass is 235 g/mol. The van der Waals surface area contributed by atoms with E-state index in [-0.39, 0.29) is 0 Å². The summed E-state index contributed by atoms with van der Waals surface area (Å²) in [5, 5.41) is 0. The predicted molar refractivity (Wildman–Crippen MR) is 69.8 cm³/mol. The van der Waals surface area contributed by atoms with Crippen molar-refractivity contribution < 1.29 is 0 Å². The van der Waals surface area contributed by atoms with Gasteiger partial charge in [0.1, 0.15) is 0 Å². The van der Waals surface area contributed by atoms with E-state index in [9.17, 15) is 0 Å². The summed E-state index contributed by atoms with van der Waals surface area (Å²) in [6.07, 6.45) is 10.8. The molecule has 3 rings (SSSR count). The molecule has 1 aromatic heterocycles. The second-order valence-corrected chi connectivity index (χ2v) is 6.61. The van der Waals surface area contributed by atoms with E-state index in [1.807, 2.05) is 11.3 Å². The van der Waals surface area contributed by atoms with Gasteiger partial charge in [0.05, 0.1) is 0 Å². The third kappa shape index (κ3) is 2.05. The number of nitrogens with two attached hydrogens (primary N) is 1. The predicted octanol–water partition coefficient (Wildman–Crippen LogP) is 3.82. The molecule has 1 heterocycles. The Morgan fingerprint density at radius 3 is 2.75 bits per heavy atom. The van der Waals surface area contributed by atoms with E-state index >= 15 is 0 Å². The summed E-state index contributed by atoms with van der Waals surface area (Å²) in [5.74, 6) is 0.925. The van der Waals surface area contributed by atoms with Crippen LogP contribution in [0.25, 0.3) is 0 Å². The van der Waals surface area contributed by atoms with Gasteiger partial charge >= 0.3 is 0 Å². The lowest BCUT2D eigenvalue weighted by atomic mass is 9.81. The van der Waals surface area contributed by atoms with E-state index in [2.05, 4.69) is 6.07 Å². The molecule has 2 N–H and O–H groups in total. The smallest absolute Gasteiger partial charge is 0.0392 e. The van der Waals surface area contributed by atoms with Gasteiger partial charge in [0.2, 0.25) is 0 Å². The van der Waals surface area contributed by atoms with Gasteiger partial charge in [-0.15, -0.1) is 11.3 Å². The second kappa shape index (κ2) is 4.50. The van der Waals surface area contributed by atoms with Crippen LogP contribution in [-0.4, -0.2) is 0 Å². The number of hydrogen-bond donors (Lipinski definition) is 1. The first-order valence-electron chi connectivity index (χ1n) is 6.70. The standard InChI is InChI=1S/C14H21NS/c15-12(8-10-4-3-5-10)14-9-11-6-1-2-7-13(11)16-14/h9-10,12H,1-8,15H2. The van der Waals surface area contributed by atoms with Crippen molar-refractivity contribution in [2.24, 2.45) is 11.7 Å². The summed E-state index contributed by atoms with van der Waals surface area (Å²) >= 11 is 1.99. The molecule has 1 saturated carbocycles. The van der Waals surface area contributed by atoms with Crippen molar-refractivity contribution >= 4 is 11.3 Å². The summed E-state index contributed by atoms with van der Waals surface area (Å²) in [4.78, 5) is 3.09.